The molecule has 1 aliphatic rings. The maximum Gasteiger partial charge on any atom is 0.254 e. The van der Waals surface area contributed by atoms with Gasteiger partial charge in [-0.15, -0.1) is 0 Å². The van der Waals surface area contributed by atoms with Crippen molar-refractivity contribution in [3.05, 3.63) is 65.7 Å². The van der Waals surface area contributed by atoms with Crippen LogP contribution in [0, 0.1) is 11.3 Å². The highest BCUT2D eigenvalue weighted by Gasteiger charge is 2.29. The molecule has 3 rings (SSSR count). The lowest BCUT2D eigenvalue weighted by molar-refractivity contribution is -0.115. The Morgan fingerprint density at radius 1 is 1.27 bits per heavy atom. The Balaban J connectivity index is 1.95. The van der Waals surface area contributed by atoms with E-state index in [1.54, 1.807) is 17.9 Å². The number of nitrogens with zero attached hydrogens (tertiary/aromatic N) is 2. The van der Waals surface area contributed by atoms with Crippen molar-refractivity contribution in [1.82, 2.24) is 4.90 Å². The van der Waals surface area contributed by atoms with Gasteiger partial charge in [0.15, 0.2) is 0 Å². The molecule has 5 heteroatoms. The van der Waals surface area contributed by atoms with E-state index in [0.717, 1.165) is 22.4 Å². The van der Waals surface area contributed by atoms with Gasteiger partial charge in [-0.25, -0.2) is 0 Å². The highest BCUT2D eigenvalue weighted by atomic mass is 16.2. The summed E-state index contributed by atoms with van der Waals surface area (Å²) >= 11 is 0. The van der Waals surface area contributed by atoms with E-state index in [9.17, 15) is 9.59 Å². The van der Waals surface area contributed by atoms with Gasteiger partial charge in [0.25, 0.3) is 5.91 Å². The standard InChI is InChI=1S/C21H19N3O2/c1-3-20(25)23-16-7-4-6-15(10-16)17-8-5-9-18-19(17)13-24(21(18)26)12-14(2)11-22/h4-10H,2-3,12-13H2,1H3,(H,23,25). The Kier molecular flexibility index (Phi) is 4.85. The van der Waals surface area contributed by atoms with Crippen molar-refractivity contribution in [2.75, 3.05) is 11.9 Å². The Morgan fingerprint density at radius 3 is 2.73 bits per heavy atom. The molecule has 1 N–H and O–H groups in total. The van der Waals surface area contributed by atoms with Crippen molar-refractivity contribution < 1.29 is 9.59 Å². The molecular weight excluding hydrogens is 326 g/mol. The number of hydrogen-bond acceptors (Lipinski definition) is 3. The van der Waals surface area contributed by atoms with Gasteiger partial charge in [0.1, 0.15) is 0 Å². The summed E-state index contributed by atoms with van der Waals surface area (Å²) < 4.78 is 0. The van der Waals surface area contributed by atoms with Crippen LogP contribution in [0.15, 0.2) is 54.6 Å². The first-order valence-corrected chi connectivity index (χ1v) is 8.42. The third kappa shape index (κ3) is 3.35. The van der Waals surface area contributed by atoms with Crippen LogP contribution in [0.1, 0.15) is 29.3 Å². The lowest BCUT2D eigenvalue weighted by Gasteiger charge is -2.14. The minimum atomic E-state index is -0.0892. The lowest BCUT2D eigenvalue weighted by atomic mass is 9.96. The van der Waals surface area contributed by atoms with Gasteiger partial charge >= 0.3 is 0 Å². The molecule has 0 saturated carbocycles. The molecule has 130 valence electrons. The van der Waals surface area contributed by atoms with Gasteiger partial charge in [-0.1, -0.05) is 37.8 Å². The summed E-state index contributed by atoms with van der Waals surface area (Å²) in [5.74, 6) is -0.134. The van der Waals surface area contributed by atoms with Gasteiger partial charge in [0, 0.05) is 29.8 Å². The third-order valence-electron chi connectivity index (χ3n) is 4.36. The SMILES string of the molecule is C=C(C#N)CN1Cc2c(cccc2-c2cccc(NC(=O)CC)c2)C1=O. The van der Waals surface area contributed by atoms with Gasteiger partial charge in [-0.3, -0.25) is 9.59 Å². The van der Waals surface area contributed by atoms with Crippen LogP contribution in [0.2, 0.25) is 0 Å². The number of anilines is 1. The molecule has 0 saturated heterocycles. The summed E-state index contributed by atoms with van der Waals surface area (Å²) in [4.78, 5) is 25.9. The molecule has 0 unspecified atom stereocenters. The summed E-state index contributed by atoms with van der Waals surface area (Å²) in [7, 11) is 0. The van der Waals surface area contributed by atoms with E-state index in [1.807, 2.05) is 42.5 Å². The van der Waals surface area contributed by atoms with Crippen LogP contribution in [0.4, 0.5) is 5.69 Å². The number of rotatable bonds is 5. The van der Waals surface area contributed by atoms with E-state index in [1.165, 1.54) is 0 Å². The molecule has 0 bridgehead atoms. The van der Waals surface area contributed by atoms with Gasteiger partial charge in [0.2, 0.25) is 5.91 Å². The summed E-state index contributed by atoms with van der Waals surface area (Å²) in [5, 5.41) is 11.8. The fourth-order valence-corrected chi connectivity index (χ4v) is 3.07. The van der Waals surface area contributed by atoms with Crippen molar-refractivity contribution in [3.8, 4) is 17.2 Å². The number of nitrogens with one attached hydrogen (secondary N) is 1. The first kappa shape index (κ1) is 17.4. The number of carbonyl (C=O) groups is 2. The molecule has 1 heterocycles. The van der Waals surface area contributed by atoms with E-state index >= 15 is 0 Å². The van der Waals surface area contributed by atoms with E-state index in [2.05, 4.69) is 11.9 Å². The zero-order chi connectivity index (χ0) is 18.7. The van der Waals surface area contributed by atoms with Crippen LogP contribution in [0.25, 0.3) is 11.1 Å². The minimum absolute atomic E-state index is 0.0446. The fourth-order valence-electron chi connectivity index (χ4n) is 3.07. The van der Waals surface area contributed by atoms with Gasteiger partial charge in [-0.2, -0.15) is 5.26 Å². The molecule has 2 amide bonds. The topological polar surface area (TPSA) is 73.2 Å². The van der Waals surface area contributed by atoms with E-state index < -0.39 is 0 Å². The Morgan fingerprint density at radius 2 is 2.00 bits per heavy atom. The fraction of sp³-hybridized carbons (Fsp3) is 0.190. The van der Waals surface area contributed by atoms with Crippen LogP contribution >= 0.6 is 0 Å². The molecule has 0 atom stereocenters. The third-order valence-corrected chi connectivity index (χ3v) is 4.36. The molecular formula is C21H19N3O2. The van der Waals surface area contributed by atoms with Gasteiger partial charge in [0.05, 0.1) is 12.6 Å². The molecule has 0 fully saturated rings. The molecule has 0 aromatic heterocycles. The van der Waals surface area contributed by atoms with Crippen LogP contribution in [0.5, 0.6) is 0 Å². The second-order valence-electron chi connectivity index (χ2n) is 6.19. The van der Waals surface area contributed by atoms with E-state index in [0.29, 0.717) is 24.1 Å². The van der Waals surface area contributed by atoms with Gasteiger partial charge in [-0.05, 0) is 34.9 Å². The van der Waals surface area contributed by atoms with E-state index in [-0.39, 0.29) is 18.4 Å². The predicted octanol–water partition coefficient (Wildman–Crippen LogP) is 3.74. The number of amides is 2. The number of benzene rings is 2. The number of carbonyl (C=O) groups excluding carboxylic acids is 2. The lowest BCUT2D eigenvalue weighted by Crippen LogP contribution is -2.25. The van der Waals surface area contributed by atoms with Gasteiger partial charge < -0.3 is 10.2 Å². The molecule has 5 nitrogen and oxygen atoms in total. The zero-order valence-corrected chi connectivity index (χ0v) is 14.6. The quantitative estimate of drug-likeness (QED) is 0.839. The maximum absolute atomic E-state index is 12.6. The average molecular weight is 345 g/mol. The summed E-state index contributed by atoms with van der Waals surface area (Å²) in [6, 6.07) is 15.2. The van der Waals surface area contributed by atoms with Crippen LogP contribution in [-0.4, -0.2) is 23.3 Å². The normalized spacial score (nSPS) is 12.5. The maximum atomic E-state index is 12.6. The summed E-state index contributed by atoms with van der Waals surface area (Å²) in [5.41, 5.74) is 4.56. The second kappa shape index (κ2) is 7.24. The van der Waals surface area contributed by atoms with Crippen molar-refractivity contribution in [2.24, 2.45) is 0 Å². The van der Waals surface area contributed by atoms with Crippen molar-refractivity contribution in [2.45, 2.75) is 19.9 Å². The van der Waals surface area contributed by atoms with E-state index in [4.69, 9.17) is 5.26 Å². The second-order valence-corrected chi connectivity index (χ2v) is 6.19. The Bertz CT molecular complexity index is 941. The first-order chi connectivity index (χ1) is 12.5. The minimum Gasteiger partial charge on any atom is -0.329 e. The number of hydrogen-bond donors (Lipinski definition) is 1. The highest BCUT2D eigenvalue weighted by molar-refractivity contribution is 6.01. The molecule has 0 radical (unpaired) electrons. The predicted molar refractivity (Wildman–Crippen MR) is 100 cm³/mol. The smallest absolute Gasteiger partial charge is 0.254 e. The van der Waals surface area contributed by atoms with Crippen molar-refractivity contribution in [1.29, 1.82) is 5.26 Å². The van der Waals surface area contributed by atoms with Crippen molar-refractivity contribution >= 4 is 17.5 Å². The highest BCUT2D eigenvalue weighted by Crippen LogP contribution is 2.33. The monoisotopic (exact) mass is 345 g/mol. The molecule has 0 aliphatic carbocycles. The molecule has 0 spiro atoms. The van der Waals surface area contributed by atoms with Crippen LogP contribution < -0.4 is 5.32 Å². The number of nitriles is 1. The average Bonchev–Trinajstić information content (AvgIpc) is 2.97. The summed E-state index contributed by atoms with van der Waals surface area (Å²) in [6.07, 6.45) is 0.414. The van der Waals surface area contributed by atoms with Crippen molar-refractivity contribution in [3.63, 3.8) is 0 Å². The molecule has 2 aromatic carbocycles. The Hall–Kier alpha value is -3.39. The largest absolute Gasteiger partial charge is 0.329 e. The van der Waals surface area contributed by atoms with Crippen LogP contribution in [0.3, 0.4) is 0 Å². The Labute approximate surface area is 152 Å². The molecule has 1 aliphatic heterocycles. The summed E-state index contributed by atoms with van der Waals surface area (Å²) in [6.45, 7) is 6.14. The molecule has 2 aromatic rings. The zero-order valence-electron chi connectivity index (χ0n) is 14.6. The number of fused-ring (bicyclic) bond motifs is 1. The van der Waals surface area contributed by atoms with Crippen LogP contribution in [-0.2, 0) is 11.3 Å². The first-order valence-electron chi connectivity index (χ1n) is 8.42. The molecule has 26 heavy (non-hydrogen) atoms.